The van der Waals surface area contributed by atoms with Gasteiger partial charge < -0.3 is 31.9 Å². The Morgan fingerprint density at radius 2 is 1.48 bits per heavy atom. The maximum Gasteiger partial charge on any atom is 0.327 e. The van der Waals surface area contributed by atoms with Gasteiger partial charge in [-0.25, -0.2) is 4.79 Å². The Morgan fingerprint density at radius 3 is 1.94 bits per heavy atom. The average molecular weight is 455 g/mol. The number of phenolic OH excluding ortho intramolecular Hbond substituents is 1. The van der Waals surface area contributed by atoms with Crippen molar-refractivity contribution in [1.29, 1.82) is 0 Å². The largest absolute Gasteiger partial charge is 0.508 e. The number of carboxylic acid groups (broad SMARTS) is 1. The number of phenols is 1. The Labute approximate surface area is 186 Å². The van der Waals surface area contributed by atoms with Gasteiger partial charge in [-0.3, -0.25) is 14.4 Å². The lowest BCUT2D eigenvalue weighted by molar-refractivity contribution is -0.142. The van der Waals surface area contributed by atoms with Crippen LogP contribution < -0.4 is 21.7 Å². The molecule has 0 aliphatic heterocycles. The molecule has 10 nitrogen and oxygen atoms in total. The average Bonchev–Trinajstić information content (AvgIpc) is 2.70. The first-order valence-corrected chi connectivity index (χ1v) is 10.4. The SMILES string of the molecule is CC(N)C(=O)NC(Cc1ccc(O)cc1)C(=O)NC(C(=O)NC(CS)C(=O)O)C(C)C. The van der Waals surface area contributed by atoms with Crippen molar-refractivity contribution in [1.82, 2.24) is 16.0 Å². The monoisotopic (exact) mass is 454 g/mol. The lowest BCUT2D eigenvalue weighted by atomic mass is 10.0. The van der Waals surface area contributed by atoms with E-state index in [9.17, 15) is 24.3 Å². The van der Waals surface area contributed by atoms with Crippen LogP contribution in [0, 0.1) is 5.92 Å². The molecule has 0 aromatic heterocycles. The molecule has 4 unspecified atom stereocenters. The third-order valence-corrected chi connectivity index (χ3v) is 4.83. The number of hydrogen-bond donors (Lipinski definition) is 7. The van der Waals surface area contributed by atoms with Gasteiger partial charge in [0.25, 0.3) is 0 Å². The number of aromatic hydroxyl groups is 1. The summed E-state index contributed by atoms with van der Waals surface area (Å²) in [5.74, 6) is -3.53. The van der Waals surface area contributed by atoms with E-state index in [-0.39, 0.29) is 23.8 Å². The number of nitrogens with two attached hydrogens (primary N) is 1. The number of thiol groups is 1. The number of carbonyl (C=O) groups excluding carboxylic acids is 3. The first-order valence-electron chi connectivity index (χ1n) is 9.74. The molecule has 1 rings (SSSR count). The first kappa shape index (κ1) is 26.2. The fourth-order valence-corrected chi connectivity index (χ4v) is 2.86. The zero-order valence-corrected chi connectivity index (χ0v) is 18.6. The molecule has 0 saturated carbocycles. The van der Waals surface area contributed by atoms with E-state index < -0.39 is 47.9 Å². The van der Waals surface area contributed by atoms with Gasteiger partial charge in [-0.05, 0) is 30.5 Å². The summed E-state index contributed by atoms with van der Waals surface area (Å²) in [7, 11) is 0. The number of hydrogen-bond acceptors (Lipinski definition) is 7. The number of carbonyl (C=O) groups is 4. The molecule has 31 heavy (non-hydrogen) atoms. The Balaban J connectivity index is 3.03. The van der Waals surface area contributed by atoms with Gasteiger partial charge in [0.1, 0.15) is 23.9 Å². The molecule has 1 aromatic carbocycles. The van der Waals surface area contributed by atoms with Crippen LogP contribution in [0.1, 0.15) is 26.3 Å². The van der Waals surface area contributed by atoms with Gasteiger partial charge in [-0.2, -0.15) is 12.6 Å². The number of aliphatic carboxylic acids is 1. The molecule has 4 atom stereocenters. The molecule has 0 fully saturated rings. The van der Waals surface area contributed by atoms with Crippen molar-refractivity contribution in [3.05, 3.63) is 29.8 Å². The lowest BCUT2D eigenvalue weighted by Crippen LogP contribution is -2.58. The number of amides is 3. The number of carboxylic acids is 1. The highest BCUT2D eigenvalue weighted by molar-refractivity contribution is 7.80. The predicted molar refractivity (Wildman–Crippen MR) is 118 cm³/mol. The predicted octanol–water partition coefficient (Wildman–Crippen LogP) is -0.593. The molecule has 0 saturated heterocycles. The molecule has 0 heterocycles. The maximum absolute atomic E-state index is 13.0. The second-order valence-corrected chi connectivity index (χ2v) is 7.90. The molecule has 7 N–H and O–H groups in total. The highest BCUT2D eigenvalue weighted by atomic mass is 32.1. The van der Waals surface area contributed by atoms with E-state index in [0.29, 0.717) is 5.56 Å². The summed E-state index contributed by atoms with van der Waals surface area (Å²) in [5.41, 5.74) is 6.25. The van der Waals surface area contributed by atoms with E-state index in [4.69, 9.17) is 10.8 Å². The van der Waals surface area contributed by atoms with Crippen molar-refractivity contribution in [2.45, 2.75) is 51.4 Å². The topological polar surface area (TPSA) is 171 Å². The van der Waals surface area contributed by atoms with Crippen LogP contribution in [-0.2, 0) is 25.6 Å². The molecule has 0 spiro atoms. The van der Waals surface area contributed by atoms with Crippen LogP contribution in [0.2, 0.25) is 0 Å². The van der Waals surface area contributed by atoms with E-state index in [1.807, 2.05) is 0 Å². The lowest BCUT2D eigenvalue weighted by Gasteiger charge is -2.26. The van der Waals surface area contributed by atoms with Crippen LogP contribution in [0.5, 0.6) is 5.75 Å². The van der Waals surface area contributed by atoms with Crippen LogP contribution in [0.25, 0.3) is 0 Å². The summed E-state index contributed by atoms with van der Waals surface area (Å²) in [6.07, 6.45) is 0.0887. The van der Waals surface area contributed by atoms with Gasteiger partial charge >= 0.3 is 5.97 Å². The Morgan fingerprint density at radius 1 is 0.935 bits per heavy atom. The van der Waals surface area contributed by atoms with Gasteiger partial charge in [0, 0.05) is 12.2 Å². The van der Waals surface area contributed by atoms with Crippen molar-refractivity contribution in [2.24, 2.45) is 11.7 Å². The van der Waals surface area contributed by atoms with E-state index in [1.54, 1.807) is 26.0 Å². The van der Waals surface area contributed by atoms with Gasteiger partial charge in [0.15, 0.2) is 0 Å². The van der Waals surface area contributed by atoms with Gasteiger partial charge in [0.2, 0.25) is 17.7 Å². The van der Waals surface area contributed by atoms with Gasteiger partial charge in [-0.15, -0.1) is 0 Å². The maximum atomic E-state index is 13.0. The second-order valence-electron chi connectivity index (χ2n) is 7.53. The summed E-state index contributed by atoms with van der Waals surface area (Å²) in [5, 5.41) is 26.0. The Kier molecular flexibility index (Phi) is 10.3. The van der Waals surface area contributed by atoms with Crippen molar-refractivity contribution in [3.8, 4) is 5.75 Å². The molecule has 3 amide bonds. The highest BCUT2D eigenvalue weighted by Gasteiger charge is 2.31. The van der Waals surface area contributed by atoms with Crippen LogP contribution in [-0.4, -0.2) is 63.8 Å². The third kappa shape index (κ3) is 8.46. The Hall–Kier alpha value is -2.79. The fourth-order valence-electron chi connectivity index (χ4n) is 2.62. The van der Waals surface area contributed by atoms with Gasteiger partial charge in [0.05, 0.1) is 6.04 Å². The van der Waals surface area contributed by atoms with Crippen LogP contribution in [0.15, 0.2) is 24.3 Å². The smallest absolute Gasteiger partial charge is 0.327 e. The van der Waals surface area contributed by atoms with Crippen molar-refractivity contribution >= 4 is 36.3 Å². The molecule has 172 valence electrons. The molecular weight excluding hydrogens is 424 g/mol. The van der Waals surface area contributed by atoms with Crippen LogP contribution >= 0.6 is 12.6 Å². The van der Waals surface area contributed by atoms with Crippen LogP contribution in [0.3, 0.4) is 0 Å². The van der Waals surface area contributed by atoms with E-state index in [2.05, 4.69) is 28.6 Å². The summed E-state index contributed by atoms with van der Waals surface area (Å²) in [6.45, 7) is 4.85. The summed E-state index contributed by atoms with van der Waals surface area (Å²) in [6, 6.07) is 1.96. The van der Waals surface area contributed by atoms with E-state index in [1.165, 1.54) is 19.1 Å². The quantitative estimate of drug-likeness (QED) is 0.219. The highest BCUT2D eigenvalue weighted by Crippen LogP contribution is 2.12. The number of benzene rings is 1. The standard InChI is InChI=1S/C20H30N4O6S/c1-10(2)16(19(28)23-15(9-31)20(29)30)24-18(27)14(22-17(26)11(3)21)8-12-4-6-13(25)7-5-12/h4-7,10-11,14-16,25,31H,8-9,21H2,1-3H3,(H,22,26)(H,23,28)(H,24,27)(H,29,30). The molecule has 0 radical (unpaired) electrons. The fraction of sp³-hybridized carbons (Fsp3) is 0.500. The third-order valence-electron chi connectivity index (χ3n) is 4.47. The van der Waals surface area contributed by atoms with E-state index in [0.717, 1.165) is 0 Å². The van der Waals surface area contributed by atoms with Crippen LogP contribution in [0.4, 0.5) is 0 Å². The van der Waals surface area contributed by atoms with Crippen molar-refractivity contribution in [3.63, 3.8) is 0 Å². The molecule has 0 aliphatic rings. The first-order chi connectivity index (χ1) is 14.5. The minimum atomic E-state index is -1.24. The minimum Gasteiger partial charge on any atom is -0.508 e. The second kappa shape index (κ2) is 12.2. The summed E-state index contributed by atoms with van der Waals surface area (Å²) < 4.78 is 0. The minimum absolute atomic E-state index is 0.0538. The summed E-state index contributed by atoms with van der Waals surface area (Å²) in [4.78, 5) is 48.8. The molecule has 11 heteroatoms. The number of rotatable bonds is 11. The van der Waals surface area contributed by atoms with Crippen molar-refractivity contribution in [2.75, 3.05) is 5.75 Å². The van der Waals surface area contributed by atoms with E-state index >= 15 is 0 Å². The zero-order chi connectivity index (χ0) is 23.7. The Bertz CT molecular complexity index is 784. The zero-order valence-electron chi connectivity index (χ0n) is 17.7. The summed E-state index contributed by atoms with van der Waals surface area (Å²) >= 11 is 3.91. The molecule has 0 aliphatic carbocycles. The normalized spacial score (nSPS) is 14.8. The number of nitrogens with one attached hydrogen (secondary N) is 3. The van der Waals surface area contributed by atoms with Crippen molar-refractivity contribution < 1.29 is 29.4 Å². The van der Waals surface area contributed by atoms with Gasteiger partial charge in [-0.1, -0.05) is 26.0 Å². The molecule has 1 aromatic rings. The molecule has 0 bridgehead atoms. The molecular formula is C20H30N4O6S.